The molecule has 2 aromatic rings. The van der Waals surface area contributed by atoms with Gasteiger partial charge in [-0.05, 0) is 37.1 Å². The Hall–Kier alpha value is -1.39. The standard InChI is InChI=1S/C11H16N4/c12-5-1-2-9(13)8-3-4-10-11(6-8)15-7-14-10/h3-4,6-7,9H,1-2,5,12-13H2,(H,14,15). The number of benzene rings is 1. The number of H-pyrrole nitrogens is 1. The van der Waals surface area contributed by atoms with Gasteiger partial charge in [0.1, 0.15) is 0 Å². The highest BCUT2D eigenvalue weighted by Crippen LogP contribution is 2.19. The average molecular weight is 204 g/mol. The molecule has 1 atom stereocenters. The van der Waals surface area contributed by atoms with Crippen molar-refractivity contribution >= 4 is 11.0 Å². The van der Waals surface area contributed by atoms with Gasteiger partial charge in [-0.2, -0.15) is 0 Å². The maximum atomic E-state index is 6.05. The lowest BCUT2D eigenvalue weighted by Crippen LogP contribution is -2.12. The molecule has 0 bridgehead atoms. The molecule has 0 aliphatic carbocycles. The normalized spacial score (nSPS) is 13.2. The number of fused-ring (bicyclic) bond motifs is 1. The molecule has 4 nitrogen and oxygen atoms in total. The van der Waals surface area contributed by atoms with Crippen molar-refractivity contribution in [1.82, 2.24) is 9.97 Å². The lowest BCUT2D eigenvalue weighted by atomic mass is 10.0. The predicted octanol–water partition coefficient (Wildman–Crippen LogP) is 1.30. The lowest BCUT2D eigenvalue weighted by Gasteiger charge is -2.10. The molecule has 0 aliphatic heterocycles. The van der Waals surface area contributed by atoms with Gasteiger partial charge < -0.3 is 16.5 Å². The number of nitrogens with two attached hydrogens (primary N) is 2. The van der Waals surface area contributed by atoms with Crippen LogP contribution in [0.25, 0.3) is 11.0 Å². The zero-order valence-corrected chi connectivity index (χ0v) is 8.61. The van der Waals surface area contributed by atoms with E-state index in [9.17, 15) is 0 Å². The topological polar surface area (TPSA) is 80.7 Å². The van der Waals surface area contributed by atoms with Crippen LogP contribution in [0.4, 0.5) is 0 Å². The number of nitrogens with one attached hydrogen (secondary N) is 1. The summed E-state index contributed by atoms with van der Waals surface area (Å²) in [5.74, 6) is 0. The summed E-state index contributed by atoms with van der Waals surface area (Å²) in [6.07, 6.45) is 3.58. The summed E-state index contributed by atoms with van der Waals surface area (Å²) >= 11 is 0. The molecule has 0 fully saturated rings. The van der Waals surface area contributed by atoms with E-state index in [1.54, 1.807) is 6.33 Å². The minimum atomic E-state index is 0.0706. The Labute approximate surface area is 88.7 Å². The maximum Gasteiger partial charge on any atom is 0.0931 e. The molecular weight excluding hydrogens is 188 g/mol. The molecule has 0 spiro atoms. The fourth-order valence-corrected chi connectivity index (χ4v) is 1.69. The summed E-state index contributed by atoms with van der Waals surface area (Å²) in [6.45, 7) is 0.694. The zero-order chi connectivity index (χ0) is 10.7. The van der Waals surface area contributed by atoms with Crippen LogP contribution in [0.1, 0.15) is 24.4 Å². The highest BCUT2D eigenvalue weighted by atomic mass is 14.9. The van der Waals surface area contributed by atoms with E-state index < -0.39 is 0 Å². The van der Waals surface area contributed by atoms with Crippen LogP contribution in [0.3, 0.4) is 0 Å². The summed E-state index contributed by atoms with van der Waals surface area (Å²) in [5.41, 5.74) is 14.7. The Morgan fingerprint density at radius 3 is 3.07 bits per heavy atom. The molecule has 80 valence electrons. The molecule has 2 rings (SSSR count). The maximum absolute atomic E-state index is 6.05. The number of hydrogen-bond acceptors (Lipinski definition) is 3. The molecule has 0 saturated heterocycles. The second kappa shape index (κ2) is 4.42. The van der Waals surface area contributed by atoms with Crippen molar-refractivity contribution in [2.24, 2.45) is 11.5 Å². The molecule has 1 unspecified atom stereocenters. The smallest absolute Gasteiger partial charge is 0.0931 e. The van der Waals surface area contributed by atoms with Crippen LogP contribution >= 0.6 is 0 Å². The Bertz CT molecular complexity index is 435. The van der Waals surface area contributed by atoms with Crippen molar-refractivity contribution in [3.8, 4) is 0 Å². The van der Waals surface area contributed by atoms with Crippen molar-refractivity contribution in [2.75, 3.05) is 6.54 Å². The van der Waals surface area contributed by atoms with E-state index in [-0.39, 0.29) is 6.04 Å². The molecule has 15 heavy (non-hydrogen) atoms. The van der Waals surface area contributed by atoms with Gasteiger partial charge in [0.2, 0.25) is 0 Å². The summed E-state index contributed by atoms with van der Waals surface area (Å²) < 4.78 is 0. The van der Waals surface area contributed by atoms with Crippen molar-refractivity contribution in [1.29, 1.82) is 0 Å². The van der Waals surface area contributed by atoms with Gasteiger partial charge in [-0.25, -0.2) is 4.98 Å². The predicted molar refractivity (Wildman–Crippen MR) is 61.3 cm³/mol. The van der Waals surface area contributed by atoms with E-state index in [1.165, 1.54) is 0 Å². The number of imidazole rings is 1. The Balaban J connectivity index is 2.19. The first-order chi connectivity index (χ1) is 7.31. The van der Waals surface area contributed by atoms with E-state index in [0.717, 1.165) is 29.4 Å². The van der Waals surface area contributed by atoms with E-state index in [4.69, 9.17) is 11.5 Å². The Kier molecular flexibility index (Phi) is 2.99. The van der Waals surface area contributed by atoms with Gasteiger partial charge in [-0.3, -0.25) is 0 Å². The quantitative estimate of drug-likeness (QED) is 0.702. The van der Waals surface area contributed by atoms with Crippen LogP contribution in [0, 0.1) is 0 Å². The molecular formula is C11H16N4. The molecule has 1 aromatic heterocycles. The van der Waals surface area contributed by atoms with E-state index >= 15 is 0 Å². The molecule has 4 heteroatoms. The second-order valence-corrected chi connectivity index (χ2v) is 3.72. The van der Waals surface area contributed by atoms with E-state index in [2.05, 4.69) is 16.0 Å². The van der Waals surface area contributed by atoms with Crippen LogP contribution < -0.4 is 11.5 Å². The SMILES string of the molecule is NCCCC(N)c1ccc2nc[nH]c2c1. The van der Waals surface area contributed by atoms with Crippen molar-refractivity contribution in [3.63, 3.8) is 0 Å². The van der Waals surface area contributed by atoms with Gasteiger partial charge in [0, 0.05) is 6.04 Å². The van der Waals surface area contributed by atoms with Crippen LogP contribution in [0.5, 0.6) is 0 Å². The highest BCUT2D eigenvalue weighted by molar-refractivity contribution is 5.75. The average Bonchev–Trinajstić information content (AvgIpc) is 2.72. The number of nitrogens with zero attached hydrogens (tertiary/aromatic N) is 1. The van der Waals surface area contributed by atoms with Gasteiger partial charge in [0.15, 0.2) is 0 Å². The molecule has 0 aliphatic rings. The van der Waals surface area contributed by atoms with Crippen molar-refractivity contribution in [2.45, 2.75) is 18.9 Å². The van der Waals surface area contributed by atoms with Crippen molar-refractivity contribution < 1.29 is 0 Å². The summed E-state index contributed by atoms with van der Waals surface area (Å²) in [7, 11) is 0. The Morgan fingerprint density at radius 2 is 2.27 bits per heavy atom. The summed E-state index contributed by atoms with van der Waals surface area (Å²) in [5, 5.41) is 0. The number of aromatic amines is 1. The van der Waals surface area contributed by atoms with Crippen LogP contribution in [-0.4, -0.2) is 16.5 Å². The van der Waals surface area contributed by atoms with Gasteiger partial charge in [-0.1, -0.05) is 6.07 Å². The minimum absolute atomic E-state index is 0.0706. The van der Waals surface area contributed by atoms with Gasteiger partial charge in [-0.15, -0.1) is 0 Å². The van der Waals surface area contributed by atoms with E-state index in [1.807, 2.05) is 12.1 Å². The lowest BCUT2D eigenvalue weighted by molar-refractivity contribution is 0.618. The second-order valence-electron chi connectivity index (χ2n) is 3.72. The molecule has 1 heterocycles. The van der Waals surface area contributed by atoms with E-state index in [0.29, 0.717) is 6.54 Å². The van der Waals surface area contributed by atoms with Gasteiger partial charge >= 0.3 is 0 Å². The molecule has 1 aromatic carbocycles. The third-order valence-corrected chi connectivity index (χ3v) is 2.59. The minimum Gasteiger partial charge on any atom is -0.345 e. The largest absolute Gasteiger partial charge is 0.345 e. The first kappa shape index (κ1) is 10.1. The fourth-order valence-electron chi connectivity index (χ4n) is 1.69. The van der Waals surface area contributed by atoms with Gasteiger partial charge in [0.05, 0.1) is 17.4 Å². The first-order valence-corrected chi connectivity index (χ1v) is 5.20. The molecule has 5 N–H and O–H groups in total. The zero-order valence-electron chi connectivity index (χ0n) is 8.61. The van der Waals surface area contributed by atoms with Gasteiger partial charge in [0.25, 0.3) is 0 Å². The third-order valence-electron chi connectivity index (χ3n) is 2.59. The van der Waals surface area contributed by atoms with Crippen molar-refractivity contribution in [3.05, 3.63) is 30.1 Å². The molecule has 0 amide bonds. The third kappa shape index (κ3) is 2.16. The van der Waals surface area contributed by atoms with Crippen LogP contribution in [0.2, 0.25) is 0 Å². The number of hydrogen-bond donors (Lipinski definition) is 3. The molecule has 0 radical (unpaired) electrons. The molecule has 0 saturated carbocycles. The first-order valence-electron chi connectivity index (χ1n) is 5.20. The monoisotopic (exact) mass is 204 g/mol. The summed E-state index contributed by atoms with van der Waals surface area (Å²) in [6, 6.07) is 6.15. The summed E-state index contributed by atoms with van der Waals surface area (Å²) in [4.78, 5) is 7.24. The highest BCUT2D eigenvalue weighted by Gasteiger charge is 2.06. The van der Waals surface area contributed by atoms with Crippen LogP contribution in [0.15, 0.2) is 24.5 Å². The Morgan fingerprint density at radius 1 is 1.40 bits per heavy atom. The fraction of sp³-hybridized carbons (Fsp3) is 0.364. The number of aromatic nitrogens is 2. The van der Waals surface area contributed by atoms with Crippen LogP contribution in [-0.2, 0) is 0 Å². The number of rotatable bonds is 4.